The fourth-order valence-corrected chi connectivity index (χ4v) is 1.94. The molecule has 1 nitrogen and oxygen atoms in total. The lowest BCUT2D eigenvalue weighted by Gasteiger charge is -2.09. The fourth-order valence-electron chi connectivity index (χ4n) is 1.94. The highest BCUT2D eigenvalue weighted by Crippen LogP contribution is 2.20. The molecule has 0 unspecified atom stereocenters. The van der Waals surface area contributed by atoms with Crippen molar-refractivity contribution in [2.45, 2.75) is 20.8 Å². The predicted molar refractivity (Wildman–Crippen MR) is 70.4 cm³/mol. The third-order valence-corrected chi connectivity index (χ3v) is 2.53. The molecule has 2 rings (SSSR count). The normalized spacial score (nSPS) is 10.2. The van der Waals surface area contributed by atoms with Gasteiger partial charge in [0.15, 0.2) is 0 Å². The van der Waals surface area contributed by atoms with Gasteiger partial charge in [0.2, 0.25) is 0 Å². The Morgan fingerprint density at radius 1 is 0.688 bits per heavy atom. The number of hydrogen-bond acceptors (Lipinski definition) is 1. The molecule has 2 aromatic rings. The first kappa shape index (κ1) is 10.7. The topological polar surface area (TPSA) is 12.0 Å². The molecule has 0 aliphatic rings. The van der Waals surface area contributed by atoms with Crippen LogP contribution >= 0.6 is 0 Å². The van der Waals surface area contributed by atoms with Crippen molar-refractivity contribution >= 4 is 11.4 Å². The average Bonchev–Trinajstić information content (AvgIpc) is 2.15. The van der Waals surface area contributed by atoms with Crippen LogP contribution in [0.4, 0.5) is 11.4 Å². The molecule has 0 radical (unpaired) electrons. The van der Waals surface area contributed by atoms with Crippen molar-refractivity contribution in [3.8, 4) is 0 Å². The van der Waals surface area contributed by atoms with Crippen LogP contribution in [0.2, 0.25) is 0 Å². The first-order chi connectivity index (χ1) is 7.63. The van der Waals surface area contributed by atoms with Gasteiger partial charge in [0.05, 0.1) is 0 Å². The van der Waals surface area contributed by atoms with Gasteiger partial charge in [-0.2, -0.15) is 0 Å². The standard InChI is InChI=1S/C15H17N/c1-11-5-4-6-14(8-11)16-15-9-12(2)7-13(3)10-15/h4-10,16H,1-3H3. The Morgan fingerprint density at radius 3 is 1.94 bits per heavy atom. The molecule has 0 saturated heterocycles. The van der Waals surface area contributed by atoms with Crippen molar-refractivity contribution in [3.05, 3.63) is 59.2 Å². The third-order valence-electron chi connectivity index (χ3n) is 2.53. The summed E-state index contributed by atoms with van der Waals surface area (Å²) in [5, 5.41) is 3.43. The molecule has 16 heavy (non-hydrogen) atoms. The van der Waals surface area contributed by atoms with Crippen LogP contribution in [0.25, 0.3) is 0 Å². The minimum absolute atomic E-state index is 1.14. The van der Waals surface area contributed by atoms with Crippen molar-refractivity contribution in [2.24, 2.45) is 0 Å². The van der Waals surface area contributed by atoms with Gasteiger partial charge in [0.25, 0.3) is 0 Å². The molecule has 0 heterocycles. The molecular weight excluding hydrogens is 194 g/mol. The monoisotopic (exact) mass is 211 g/mol. The Hall–Kier alpha value is -1.76. The molecule has 0 aliphatic carbocycles. The van der Waals surface area contributed by atoms with E-state index >= 15 is 0 Å². The second-order valence-electron chi connectivity index (χ2n) is 4.37. The Balaban J connectivity index is 2.27. The minimum Gasteiger partial charge on any atom is -0.356 e. The molecule has 2 aromatic carbocycles. The van der Waals surface area contributed by atoms with Crippen LogP contribution in [0.5, 0.6) is 0 Å². The van der Waals surface area contributed by atoms with Gasteiger partial charge in [0.1, 0.15) is 0 Å². The van der Waals surface area contributed by atoms with Crippen molar-refractivity contribution < 1.29 is 0 Å². The summed E-state index contributed by atoms with van der Waals surface area (Å²) in [6, 6.07) is 14.9. The van der Waals surface area contributed by atoms with Crippen molar-refractivity contribution in [1.82, 2.24) is 0 Å². The second-order valence-corrected chi connectivity index (χ2v) is 4.37. The van der Waals surface area contributed by atoms with Gasteiger partial charge in [-0.25, -0.2) is 0 Å². The van der Waals surface area contributed by atoms with Crippen LogP contribution in [0.3, 0.4) is 0 Å². The Labute approximate surface area is 97.1 Å². The zero-order valence-corrected chi connectivity index (χ0v) is 10.0. The minimum atomic E-state index is 1.14. The second kappa shape index (κ2) is 4.40. The zero-order valence-electron chi connectivity index (χ0n) is 10.0. The summed E-state index contributed by atoms with van der Waals surface area (Å²) in [4.78, 5) is 0. The molecule has 1 heteroatoms. The summed E-state index contributed by atoms with van der Waals surface area (Å²) in [6.45, 7) is 6.34. The molecule has 0 aliphatic heterocycles. The van der Waals surface area contributed by atoms with Crippen LogP contribution < -0.4 is 5.32 Å². The largest absolute Gasteiger partial charge is 0.356 e. The van der Waals surface area contributed by atoms with Gasteiger partial charge in [0, 0.05) is 11.4 Å². The van der Waals surface area contributed by atoms with Gasteiger partial charge < -0.3 is 5.32 Å². The Kier molecular flexibility index (Phi) is 2.95. The van der Waals surface area contributed by atoms with Crippen molar-refractivity contribution in [2.75, 3.05) is 5.32 Å². The van der Waals surface area contributed by atoms with E-state index in [1.165, 1.54) is 16.7 Å². The van der Waals surface area contributed by atoms with E-state index in [9.17, 15) is 0 Å². The summed E-state index contributed by atoms with van der Waals surface area (Å²) in [5.41, 5.74) is 6.15. The van der Waals surface area contributed by atoms with Gasteiger partial charge in [-0.15, -0.1) is 0 Å². The summed E-state index contributed by atoms with van der Waals surface area (Å²) in [5.74, 6) is 0. The molecule has 1 N–H and O–H groups in total. The smallest absolute Gasteiger partial charge is 0.0389 e. The van der Waals surface area contributed by atoms with Crippen LogP contribution in [0, 0.1) is 20.8 Å². The quantitative estimate of drug-likeness (QED) is 0.778. The van der Waals surface area contributed by atoms with Crippen LogP contribution in [0.15, 0.2) is 42.5 Å². The first-order valence-electron chi connectivity index (χ1n) is 5.55. The molecule has 0 fully saturated rings. The van der Waals surface area contributed by atoms with Gasteiger partial charge >= 0.3 is 0 Å². The molecule has 82 valence electrons. The summed E-state index contributed by atoms with van der Waals surface area (Å²) in [7, 11) is 0. The van der Waals surface area contributed by atoms with Crippen molar-refractivity contribution in [1.29, 1.82) is 0 Å². The van der Waals surface area contributed by atoms with Crippen molar-refractivity contribution in [3.63, 3.8) is 0 Å². The zero-order chi connectivity index (χ0) is 11.5. The number of rotatable bonds is 2. The Bertz CT molecular complexity index is 480. The van der Waals surface area contributed by atoms with E-state index in [1.54, 1.807) is 0 Å². The highest BCUT2D eigenvalue weighted by atomic mass is 14.9. The van der Waals surface area contributed by atoms with Crippen LogP contribution in [-0.2, 0) is 0 Å². The van der Waals surface area contributed by atoms with E-state index in [1.807, 2.05) is 0 Å². The summed E-state index contributed by atoms with van der Waals surface area (Å²) in [6.07, 6.45) is 0. The highest BCUT2D eigenvalue weighted by Gasteiger charge is 1.97. The molecule has 0 amide bonds. The maximum absolute atomic E-state index is 3.43. The van der Waals surface area contributed by atoms with E-state index < -0.39 is 0 Å². The molecule has 0 aromatic heterocycles. The van der Waals surface area contributed by atoms with Gasteiger partial charge in [-0.3, -0.25) is 0 Å². The molecule has 0 spiro atoms. The number of hydrogen-bond donors (Lipinski definition) is 1. The maximum atomic E-state index is 3.43. The maximum Gasteiger partial charge on any atom is 0.0389 e. The van der Waals surface area contributed by atoms with Gasteiger partial charge in [-0.1, -0.05) is 18.2 Å². The SMILES string of the molecule is Cc1cccc(Nc2cc(C)cc(C)c2)c1. The average molecular weight is 211 g/mol. The third kappa shape index (κ3) is 2.63. The summed E-state index contributed by atoms with van der Waals surface area (Å²) < 4.78 is 0. The lowest BCUT2D eigenvalue weighted by atomic mass is 10.1. The predicted octanol–water partition coefficient (Wildman–Crippen LogP) is 4.36. The van der Waals surface area contributed by atoms with E-state index in [0.717, 1.165) is 11.4 Å². The molecular formula is C15H17N. The van der Waals surface area contributed by atoms with Crippen LogP contribution in [0.1, 0.15) is 16.7 Å². The van der Waals surface area contributed by atoms with E-state index in [2.05, 4.69) is 68.6 Å². The number of anilines is 2. The molecule has 0 bridgehead atoms. The Morgan fingerprint density at radius 2 is 1.31 bits per heavy atom. The summed E-state index contributed by atoms with van der Waals surface area (Å²) >= 11 is 0. The fraction of sp³-hybridized carbons (Fsp3) is 0.200. The lowest BCUT2D eigenvalue weighted by molar-refractivity contribution is 1.37. The number of nitrogens with one attached hydrogen (secondary N) is 1. The van der Waals surface area contributed by atoms with E-state index in [0.29, 0.717) is 0 Å². The molecule has 0 atom stereocenters. The number of aryl methyl sites for hydroxylation is 3. The van der Waals surface area contributed by atoms with E-state index in [4.69, 9.17) is 0 Å². The lowest BCUT2D eigenvalue weighted by Crippen LogP contribution is -1.92. The highest BCUT2D eigenvalue weighted by molar-refractivity contribution is 5.61. The van der Waals surface area contributed by atoms with E-state index in [-0.39, 0.29) is 0 Å². The first-order valence-corrected chi connectivity index (χ1v) is 5.55. The number of benzene rings is 2. The molecule has 0 saturated carbocycles. The van der Waals surface area contributed by atoms with Crippen LogP contribution in [-0.4, -0.2) is 0 Å². The van der Waals surface area contributed by atoms with Gasteiger partial charge in [-0.05, 0) is 61.7 Å².